The minimum absolute atomic E-state index is 0.435. The highest BCUT2D eigenvalue weighted by Crippen LogP contribution is 2.45. The van der Waals surface area contributed by atoms with Crippen molar-refractivity contribution in [2.24, 2.45) is 0 Å². The van der Waals surface area contributed by atoms with E-state index in [4.69, 9.17) is 9.47 Å². The molecular formula is C27H27N9O2. The molecule has 7 rings (SSSR count). The van der Waals surface area contributed by atoms with Crippen molar-refractivity contribution in [2.75, 3.05) is 37.5 Å². The molecule has 192 valence electrons. The van der Waals surface area contributed by atoms with E-state index in [-0.39, 0.29) is 0 Å². The summed E-state index contributed by atoms with van der Waals surface area (Å²) in [6, 6.07) is 10.7. The number of rotatable bonds is 6. The number of pyridine rings is 2. The van der Waals surface area contributed by atoms with Crippen LogP contribution in [0, 0.1) is 6.92 Å². The van der Waals surface area contributed by atoms with Gasteiger partial charge >= 0.3 is 0 Å². The summed E-state index contributed by atoms with van der Waals surface area (Å²) in [5.41, 5.74) is 4.33. The van der Waals surface area contributed by atoms with Crippen molar-refractivity contribution in [1.82, 2.24) is 34.4 Å². The lowest BCUT2D eigenvalue weighted by Gasteiger charge is -2.48. The number of nitrogens with one attached hydrogen (secondary N) is 1. The van der Waals surface area contributed by atoms with E-state index < -0.39 is 0 Å². The third kappa shape index (κ3) is 3.66. The summed E-state index contributed by atoms with van der Waals surface area (Å²) in [4.78, 5) is 22.8. The van der Waals surface area contributed by atoms with Gasteiger partial charge in [-0.05, 0) is 50.2 Å². The maximum absolute atomic E-state index is 6.14. The minimum Gasteiger partial charge on any atom is -0.479 e. The summed E-state index contributed by atoms with van der Waals surface area (Å²) in [6.07, 6.45) is 7.77. The lowest BCUT2D eigenvalue weighted by molar-refractivity contribution is 0.240. The molecule has 2 fully saturated rings. The topological polar surface area (TPSA) is 106 Å². The molecule has 0 saturated carbocycles. The zero-order chi connectivity index (χ0) is 25.8. The van der Waals surface area contributed by atoms with Gasteiger partial charge in [0.15, 0.2) is 5.65 Å². The maximum Gasteiger partial charge on any atom is 0.238 e. The molecule has 0 amide bonds. The SMILES string of the molecule is COc1ncc2ncnc(Nc3ccc(Oc4ccn5ncnc5c4)c(C)c3)c2c1N1CC2C1CCN2C. The molecule has 0 radical (unpaired) electrons. The molecule has 6 heterocycles. The van der Waals surface area contributed by atoms with E-state index in [9.17, 15) is 0 Å². The molecule has 11 nitrogen and oxygen atoms in total. The van der Waals surface area contributed by atoms with Crippen molar-refractivity contribution in [3.05, 3.63) is 60.9 Å². The fourth-order valence-electron chi connectivity index (χ4n) is 5.56. The molecule has 2 aliphatic rings. The zero-order valence-corrected chi connectivity index (χ0v) is 21.4. The first-order chi connectivity index (χ1) is 18.6. The van der Waals surface area contributed by atoms with Crippen LogP contribution in [0.15, 0.2) is 55.4 Å². The van der Waals surface area contributed by atoms with Crippen LogP contribution >= 0.6 is 0 Å². The number of aromatic nitrogens is 6. The lowest BCUT2D eigenvalue weighted by atomic mass is 9.95. The summed E-state index contributed by atoms with van der Waals surface area (Å²) in [7, 11) is 3.86. The summed E-state index contributed by atoms with van der Waals surface area (Å²) in [5.74, 6) is 2.76. The molecule has 4 aromatic heterocycles. The summed E-state index contributed by atoms with van der Waals surface area (Å²) >= 11 is 0. The Hall–Kier alpha value is -4.51. The molecule has 1 aromatic carbocycles. The number of fused-ring (bicyclic) bond motifs is 3. The third-order valence-corrected chi connectivity index (χ3v) is 7.59. The second-order valence-corrected chi connectivity index (χ2v) is 9.79. The monoisotopic (exact) mass is 509 g/mol. The van der Waals surface area contributed by atoms with Gasteiger partial charge in [0.1, 0.15) is 35.7 Å². The Bertz CT molecular complexity index is 1670. The molecule has 0 bridgehead atoms. The van der Waals surface area contributed by atoms with Crippen LogP contribution in [0.1, 0.15) is 12.0 Å². The highest BCUT2D eigenvalue weighted by Gasteiger charge is 2.47. The van der Waals surface area contributed by atoms with Gasteiger partial charge in [0.05, 0.1) is 24.2 Å². The van der Waals surface area contributed by atoms with Crippen LogP contribution in [0.4, 0.5) is 17.2 Å². The molecule has 0 aliphatic carbocycles. The Morgan fingerprint density at radius 2 is 1.95 bits per heavy atom. The summed E-state index contributed by atoms with van der Waals surface area (Å²) in [5, 5.41) is 8.55. The highest BCUT2D eigenvalue weighted by molar-refractivity contribution is 6.03. The van der Waals surface area contributed by atoms with Crippen molar-refractivity contribution in [1.29, 1.82) is 0 Å². The number of likely N-dealkylation sites (N-methyl/N-ethyl adjacent to an activating group) is 1. The number of hydrogen-bond acceptors (Lipinski definition) is 10. The molecular weight excluding hydrogens is 482 g/mol. The quantitative estimate of drug-likeness (QED) is 0.363. The predicted molar refractivity (Wildman–Crippen MR) is 144 cm³/mol. The number of hydrogen-bond donors (Lipinski definition) is 1. The third-order valence-electron chi connectivity index (χ3n) is 7.59. The molecule has 1 N–H and O–H groups in total. The van der Waals surface area contributed by atoms with Gasteiger partial charge in [-0.1, -0.05) is 0 Å². The Kier molecular flexibility index (Phi) is 5.25. The number of ether oxygens (including phenoxy) is 2. The van der Waals surface area contributed by atoms with Gasteiger partial charge in [0, 0.05) is 43.1 Å². The summed E-state index contributed by atoms with van der Waals surface area (Å²) < 4.78 is 13.6. The van der Waals surface area contributed by atoms with Crippen molar-refractivity contribution >= 4 is 33.7 Å². The molecule has 2 saturated heterocycles. The van der Waals surface area contributed by atoms with Crippen molar-refractivity contribution in [2.45, 2.75) is 25.4 Å². The van der Waals surface area contributed by atoms with Crippen LogP contribution in [0.25, 0.3) is 16.6 Å². The normalized spacial score (nSPS) is 19.0. The predicted octanol–water partition coefficient (Wildman–Crippen LogP) is 3.81. The smallest absolute Gasteiger partial charge is 0.238 e. The Labute approximate surface area is 219 Å². The standard InChI is InChI=1S/C27H27N9O2/c1-16-10-17(4-5-22(16)38-18-6-9-36-23(11-18)30-15-32-36)33-26-24-19(29-14-31-26)12-28-27(37-3)25(24)35-13-21-20(35)7-8-34(21)2/h4-6,9-12,14-15,20-21H,7-8,13H2,1-3H3,(H,29,31,33). The van der Waals surface area contributed by atoms with Gasteiger partial charge in [-0.15, -0.1) is 0 Å². The van der Waals surface area contributed by atoms with Gasteiger partial charge in [0.2, 0.25) is 5.88 Å². The van der Waals surface area contributed by atoms with E-state index in [1.165, 1.54) is 6.33 Å². The lowest BCUT2D eigenvalue weighted by Crippen LogP contribution is -2.61. The molecule has 38 heavy (non-hydrogen) atoms. The molecule has 5 aromatic rings. The van der Waals surface area contributed by atoms with Gasteiger partial charge < -0.3 is 19.7 Å². The van der Waals surface area contributed by atoms with Crippen molar-refractivity contribution in [3.63, 3.8) is 0 Å². The number of benzene rings is 1. The number of methoxy groups -OCH3 is 1. The highest BCUT2D eigenvalue weighted by atomic mass is 16.5. The van der Waals surface area contributed by atoms with Gasteiger partial charge in [-0.3, -0.25) is 4.90 Å². The first-order valence-electron chi connectivity index (χ1n) is 12.6. The van der Waals surface area contributed by atoms with E-state index >= 15 is 0 Å². The van der Waals surface area contributed by atoms with E-state index in [1.807, 2.05) is 43.5 Å². The van der Waals surface area contributed by atoms with Crippen LogP contribution < -0.4 is 19.7 Å². The second kappa shape index (κ2) is 8.80. The largest absolute Gasteiger partial charge is 0.479 e. The van der Waals surface area contributed by atoms with Crippen LogP contribution in [0.5, 0.6) is 17.4 Å². The van der Waals surface area contributed by atoms with E-state index in [2.05, 4.69) is 47.2 Å². The number of aryl methyl sites for hydroxylation is 1. The van der Waals surface area contributed by atoms with Gasteiger partial charge in [-0.2, -0.15) is 5.10 Å². The molecule has 2 aliphatic heterocycles. The average Bonchev–Trinajstić information content (AvgIpc) is 3.49. The van der Waals surface area contributed by atoms with Crippen molar-refractivity contribution < 1.29 is 9.47 Å². The van der Waals surface area contributed by atoms with Crippen LogP contribution in [0.3, 0.4) is 0 Å². The zero-order valence-electron chi connectivity index (χ0n) is 21.4. The fourth-order valence-corrected chi connectivity index (χ4v) is 5.56. The Morgan fingerprint density at radius 3 is 2.79 bits per heavy atom. The Balaban J connectivity index is 1.21. The number of likely N-dealkylation sites (tertiary alicyclic amines) is 1. The van der Waals surface area contributed by atoms with Gasteiger partial charge in [0.25, 0.3) is 0 Å². The molecule has 0 spiro atoms. The minimum atomic E-state index is 0.435. The van der Waals surface area contributed by atoms with Gasteiger partial charge in [-0.25, -0.2) is 24.5 Å². The number of nitrogens with zero attached hydrogens (tertiary/aromatic N) is 8. The molecule has 2 unspecified atom stereocenters. The van der Waals surface area contributed by atoms with Crippen LogP contribution in [-0.2, 0) is 0 Å². The van der Waals surface area contributed by atoms with Crippen LogP contribution in [-0.4, -0.2) is 73.8 Å². The Morgan fingerprint density at radius 1 is 1.03 bits per heavy atom. The first-order valence-corrected chi connectivity index (χ1v) is 12.6. The second-order valence-electron chi connectivity index (χ2n) is 9.79. The summed E-state index contributed by atoms with van der Waals surface area (Å²) in [6.45, 7) is 4.04. The number of anilines is 3. The average molecular weight is 510 g/mol. The van der Waals surface area contributed by atoms with Crippen LogP contribution in [0.2, 0.25) is 0 Å². The first kappa shape index (κ1) is 22.7. The van der Waals surface area contributed by atoms with E-state index in [0.717, 1.165) is 58.7 Å². The van der Waals surface area contributed by atoms with E-state index in [1.54, 1.807) is 24.1 Å². The van der Waals surface area contributed by atoms with Crippen molar-refractivity contribution in [3.8, 4) is 17.4 Å². The molecule has 11 heteroatoms. The maximum atomic E-state index is 6.14. The van der Waals surface area contributed by atoms with E-state index in [0.29, 0.717) is 29.5 Å². The fraction of sp³-hybridized carbons (Fsp3) is 0.296. The molecule has 2 atom stereocenters.